The fourth-order valence-electron chi connectivity index (χ4n) is 2.12. The number of carbonyl (C=O) groups excluding carboxylic acids is 1. The number of benzene rings is 1. The van der Waals surface area contributed by atoms with Gasteiger partial charge in [0.15, 0.2) is 5.75 Å². The Hall–Kier alpha value is -1.86. The molecule has 7 nitrogen and oxygen atoms in total. The number of hydrogen-bond donors (Lipinski definition) is 1. The number of amides is 1. The second-order valence-corrected chi connectivity index (χ2v) is 4.41. The van der Waals surface area contributed by atoms with Gasteiger partial charge in [-0.1, -0.05) is 0 Å². The molecule has 8 heteroatoms. The van der Waals surface area contributed by atoms with E-state index in [9.17, 15) is 14.9 Å². The number of rotatable bonds is 4. The molecule has 0 atom stereocenters. The van der Waals surface area contributed by atoms with E-state index in [0.29, 0.717) is 25.3 Å². The smallest absolute Gasteiger partial charge is 0.311 e. The lowest BCUT2D eigenvalue weighted by molar-refractivity contribution is -0.385. The monoisotopic (exact) mass is 315 g/mol. The summed E-state index contributed by atoms with van der Waals surface area (Å²) in [7, 11) is 0. The van der Waals surface area contributed by atoms with E-state index < -0.39 is 4.92 Å². The highest BCUT2D eigenvalue weighted by atomic mass is 35.5. The third-order valence-corrected chi connectivity index (χ3v) is 3.11. The molecule has 1 fully saturated rings. The summed E-state index contributed by atoms with van der Waals surface area (Å²) in [6.45, 7) is 4.80. The topological polar surface area (TPSA) is 84.7 Å². The number of nitrogens with one attached hydrogen (secondary N) is 1. The first-order valence-corrected chi connectivity index (χ1v) is 6.54. The van der Waals surface area contributed by atoms with Crippen LogP contribution >= 0.6 is 12.4 Å². The number of hydrogen-bond acceptors (Lipinski definition) is 5. The number of ether oxygens (including phenoxy) is 1. The van der Waals surface area contributed by atoms with Gasteiger partial charge in [0.25, 0.3) is 5.91 Å². The molecule has 1 aliphatic heterocycles. The van der Waals surface area contributed by atoms with E-state index in [2.05, 4.69) is 5.32 Å². The number of nitrogens with zero attached hydrogens (tertiary/aromatic N) is 2. The minimum absolute atomic E-state index is 0. The van der Waals surface area contributed by atoms with Crippen molar-refractivity contribution >= 4 is 24.0 Å². The van der Waals surface area contributed by atoms with Crippen molar-refractivity contribution in [1.29, 1.82) is 0 Å². The Labute approximate surface area is 128 Å². The number of piperazine rings is 1. The largest absolute Gasteiger partial charge is 0.487 e. The maximum Gasteiger partial charge on any atom is 0.311 e. The number of nitro benzene ring substituents is 1. The lowest BCUT2D eigenvalue weighted by Crippen LogP contribution is -2.46. The molecule has 1 aromatic rings. The van der Waals surface area contributed by atoms with Crippen LogP contribution in [0.1, 0.15) is 17.3 Å². The summed E-state index contributed by atoms with van der Waals surface area (Å²) < 4.78 is 5.20. The minimum Gasteiger partial charge on any atom is -0.487 e. The second-order valence-electron chi connectivity index (χ2n) is 4.41. The third kappa shape index (κ3) is 4.05. The molecule has 1 heterocycles. The molecule has 1 amide bonds. The van der Waals surface area contributed by atoms with E-state index in [1.165, 1.54) is 12.1 Å². The van der Waals surface area contributed by atoms with Gasteiger partial charge in [-0.25, -0.2) is 0 Å². The Bertz CT molecular complexity index is 518. The van der Waals surface area contributed by atoms with Crippen LogP contribution in [-0.2, 0) is 0 Å². The lowest BCUT2D eigenvalue weighted by atomic mass is 10.1. The zero-order valence-electron chi connectivity index (χ0n) is 11.7. The van der Waals surface area contributed by atoms with Crippen molar-refractivity contribution in [3.05, 3.63) is 33.9 Å². The van der Waals surface area contributed by atoms with Crippen LogP contribution in [0.25, 0.3) is 0 Å². The molecule has 21 heavy (non-hydrogen) atoms. The van der Waals surface area contributed by atoms with Crippen molar-refractivity contribution in [2.45, 2.75) is 6.92 Å². The summed E-state index contributed by atoms with van der Waals surface area (Å²) in [5.74, 6) is 0.00649. The van der Waals surface area contributed by atoms with Crippen molar-refractivity contribution in [3.8, 4) is 5.75 Å². The van der Waals surface area contributed by atoms with Crippen LogP contribution in [0.4, 0.5) is 5.69 Å². The van der Waals surface area contributed by atoms with E-state index in [1.54, 1.807) is 17.9 Å². The number of carbonyl (C=O) groups is 1. The molecule has 0 aromatic heterocycles. The molecule has 0 aliphatic carbocycles. The summed E-state index contributed by atoms with van der Waals surface area (Å²) in [6.07, 6.45) is 0. The van der Waals surface area contributed by atoms with E-state index in [1.807, 2.05) is 0 Å². The van der Waals surface area contributed by atoms with E-state index >= 15 is 0 Å². The van der Waals surface area contributed by atoms with Crippen LogP contribution in [0.3, 0.4) is 0 Å². The van der Waals surface area contributed by atoms with Crippen molar-refractivity contribution in [3.63, 3.8) is 0 Å². The van der Waals surface area contributed by atoms with E-state index in [0.717, 1.165) is 13.1 Å². The molecule has 0 spiro atoms. The van der Waals surface area contributed by atoms with Crippen LogP contribution in [-0.4, -0.2) is 48.5 Å². The molecule has 116 valence electrons. The van der Waals surface area contributed by atoms with Gasteiger partial charge in [0.2, 0.25) is 0 Å². The Kier molecular flexibility index (Phi) is 6.39. The Morgan fingerprint density at radius 1 is 1.43 bits per heavy atom. The average Bonchev–Trinajstić information content (AvgIpc) is 2.48. The molecule has 0 radical (unpaired) electrons. The lowest BCUT2D eigenvalue weighted by Gasteiger charge is -2.27. The van der Waals surface area contributed by atoms with Gasteiger partial charge in [-0.05, 0) is 19.1 Å². The molecule has 2 rings (SSSR count). The van der Waals surface area contributed by atoms with Crippen LogP contribution in [0.15, 0.2) is 18.2 Å². The Balaban J connectivity index is 0.00000220. The highest BCUT2D eigenvalue weighted by Crippen LogP contribution is 2.28. The summed E-state index contributed by atoms with van der Waals surface area (Å²) in [5.41, 5.74) is 0.148. The van der Waals surface area contributed by atoms with Gasteiger partial charge in [0.1, 0.15) is 0 Å². The zero-order chi connectivity index (χ0) is 14.5. The highest BCUT2D eigenvalue weighted by Gasteiger charge is 2.22. The molecule has 0 unspecified atom stereocenters. The van der Waals surface area contributed by atoms with Gasteiger partial charge in [-0.15, -0.1) is 12.4 Å². The molecule has 0 bridgehead atoms. The van der Waals surface area contributed by atoms with E-state index in [4.69, 9.17) is 4.74 Å². The van der Waals surface area contributed by atoms with Gasteiger partial charge < -0.3 is 15.0 Å². The summed E-state index contributed by atoms with van der Waals surface area (Å²) in [4.78, 5) is 24.5. The third-order valence-electron chi connectivity index (χ3n) is 3.11. The second kappa shape index (κ2) is 7.80. The maximum absolute atomic E-state index is 12.3. The van der Waals surface area contributed by atoms with Crippen LogP contribution < -0.4 is 10.1 Å². The summed E-state index contributed by atoms with van der Waals surface area (Å²) >= 11 is 0. The Morgan fingerprint density at radius 2 is 2.10 bits per heavy atom. The summed E-state index contributed by atoms with van der Waals surface area (Å²) in [5, 5.41) is 14.2. The molecule has 1 N–H and O–H groups in total. The van der Waals surface area contributed by atoms with E-state index in [-0.39, 0.29) is 29.8 Å². The van der Waals surface area contributed by atoms with Gasteiger partial charge in [-0.2, -0.15) is 0 Å². The fourth-order valence-corrected chi connectivity index (χ4v) is 2.12. The van der Waals surface area contributed by atoms with Gasteiger partial charge in [-0.3, -0.25) is 14.9 Å². The van der Waals surface area contributed by atoms with Crippen molar-refractivity contribution in [2.24, 2.45) is 0 Å². The van der Waals surface area contributed by atoms with Gasteiger partial charge in [0, 0.05) is 37.8 Å². The normalized spacial score (nSPS) is 14.2. The first-order valence-electron chi connectivity index (χ1n) is 6.54. The summed E-state index contributed by atoms with van der Waals surface area (Å²) in [6, 6.07) is 4.34. The predicted molar refractivity (Wildman–Crippen MR) is 80.3 cm³/mol. The van der Waals surface area contributed by atoms with Crippen molar-refractivity contribution < 1.29 is 14.5 Å². The molecular weight excluding hydrogens is 298 g/mol. The quantitative estimate of drug-likeness (QED) is 0.671. The highest BCUT2D eigenvalue weighted by molar-refractivity contribution is 5.95. The molecule has 1 saturated heterocycles. The van der Waals surface area contributed by atoms with Gasteiger partial charge in [0.05, 0.1) is 11.5 Å². The molecule has 0 saturated carbocycles. The number of halogens is 1. The first-order chi connectivity index (χ1) is 9.63. The Morgan fingerprint density at radius 3 is 2.67 bits per heavy atom. The number of nitro groups is 1. The SMILES string of the molecule is CCOc1ccc(C(=O)N2CCNCC2)cc1[N+](=O)[O-].Cl. The van der Waals surface area contributed by atoms with Crippen LogP contribution in [0, 0.1) is 10.1 Å². The molecule has 1 aromatic carbocycles. The van der Waals surface area contributed by atoms with Crippen LogP contribution in [0.5, 0.6) is 5.75 Å². The van der Waals surface area contributed by atoms with Crippen molar-refractivity contribution in [1.82, 2.24) is 10.2 Å². The van der Waals surface area contributed by atoms with Crippen LogP contribution in [0.2, 0.25) is 0 Å². The molecule has 1 aliphatic rings. The predicted octanol–water partition coefficient (Wildman–Crippen LogP) is 1.46. The minimum atomic E-state index is -0.528. The van der Waals surface area contributed by atoms with Gasteiger partial charge >= 0.3 is 5.69 Å². The van der Waals surface area contributed by atoms with Crippen molar-refractivity contribution in [2.75, 3.05) is 32.8 Å². The average molecular weight is 316 g/mol. The first kappa shape index (κ1) is 17.2. The standard InChI is InChI=1S/C13H17N3O4.ClH/c1-2-20-12-4-3-10(9-11(12)16(18)19)13(17)15-7-5-14-6-8-15;/h3-4,9,14H,2,5-8H2,1H3;1H. The maximum atomic E-state index is 12.3. The zero-order valence-corrected chi connectivity index (χ0v) is 12.5. The fraction of sp³-hybridized carbons (Fsp3) is 0.462. The molecular formula is C13H18ClN3O4.